The van der Waals surface area contributed by atoms with E-state index in [4.69, 9.17) is 31.0 Å². The van der Waals surface area contributed by atoms with Gasteiger partial charge in [-0.3, -0.25) is 9.36 Å². The number of hydrogen-bond donors (Lipinski definition) is 6. The van der Waals surface area contributed by atoms with Gasteiger partial charge in [0.05, 0.1) is 24.8 Å². The minimum atomic E-state index is -5.50. The highest BCUT2D eigenvalue weighted by atomic mass is 35.5. The van der Waals surface area contributed by atoms with Gasteiger partial charge < -0.3 is 39.5 Å². The largest absolute Gasteiger partial charge is 0.387 e. The van der Waals surface area contributed by atoms with E-state index >= 15 is 0 Å². The van der Waals surface area contributed by atoms with Crippen LogP contribution in [-0.2, 0) is 33.5 Å². The Morgan fingerprint density at radius 1 is 1.35 bits per heavy atom. The molecule has 2 aliphatic rings. The maximum atomic E-state index is 12.7. The first-order valence-electron chi connectivity index (χ1n) is 12.1. The van der Waals surface area contributed by atoms with Gasteiger partial charge in [-0.1, -0.05) is 12.8 Å². The highest BCUT2D eigenvalue weighted by molar-refractivity contribution is 7.91. The summed E-state index contributed by atoms with van der Waals surface area (Å²) in [6.45, 7) is -1.83. The zero-order valence-corrected chi connectivity index (χ0v) is 24.0. The quantitative estimate of drug-likeness (QED) is 0.143. The molecule has 1 aliphatic heterocycles. The summed E-state index contributed by atoms with van der Waals surface area (Å²) in [6, 6.07) is 0.199. The lowest BCUT2D eigenvalue weighted by Crippen LogP contribution is -2.48. The summed E-state index contributed by atoms with van der Waals surface area (Å²) >= 11 is 6.15. The van der Waals surface area contributed by atoms with Crippen molar-refractivity contribution < 1.29 is 47.8 Å². The van der Waals surface area contributed by atoms with Crippen molar-refractivity contribution in [1.82, 2.24) is 19.7 Å². The average molecular weight is 628 g/mol. The summed E-state index contributed by atoms with van der Waals surface area (Å²) in [5.74, 6) is -1.18. The van der Waals surface area contributed by atoms with E-state index in [9.17, 15) is 33.6 Å². The number of amides is 1. The summed E-state index contributed by atoms with van der Waals surface area (Å²) < 4.78 is 44.5. The van der Waals surface area contributed by atoms with E-state index in [2.05, 4.69) is 24.7 Å². The normalized spacial score (nSPS) is 27.0. The first-order chi connectivity index (χ1) is 18.7. The molecule has 7 N–H and O–H groups in total. The molecule has 0 bridgehead atoms. The van der Waals surface area contributed by atoms with Crippen LogP contribution < -0.4 is 10.5 Å². The number of rotatable bonds is 10. The molecule has 0 radical (unpaired) electrons. The van der Waals surface area contributed by atoms with Gasteiger partial charge in [0.25, 0.3) is 5.34 Å². The van der Waals surface area contributed by atoms with Crippen molar-refractivity contribution in [3.8, 4) is 0 Å². The van der Waals surface area contributed by atoms with Gasteiger partial charge in [-0.25, -0.2) is 14.0 Å². The number of fused-ring (bicyclic) bond motifs is 1. The fourth-order valence-electron chi connectivity index (χ4n) is 4.64. The smallest absolute Gasteiger partial charge is 0.369 e. The predicted octanol–water partition coefficient (Wildman–Crippen LogP) is -0.511. The molecule has 1 aliphatic carbocycles. The number of hydrogen-bond acceptors (Lipinski definition) is 12. The standard InChI is InChI=1S/C20H31ClN7O10PS/c1-36-9-20(39(32,33)34,18(31)27-40(2,22)35)37-8-12-13(29)14(30)17(38-12)28-16-11(7-23-28)15(25-19(21)26-16)24-10-5-3-4-6-10/h7,10,12-14,17,29-30H,3-6,8-9H2,1-2H3,(H,24,25,26)(H2,32,33,34)(H2,22,27,31,35)/t12-,13-,14-,17-,20+,40?/m1/s1. The fourth-order valence-corrected chi connectivity index (χ4v) is 6.19. The summed E-state index contributed by atoms with van der Waals surface area (Å²) in [7, 11) is -8.09. The topological polar surface area (TPSA) is 254 Å². The van der Waals surface area contributed by atoms with E-state index in [-0.39, 0.29) is 17.0 Å². The molecule has 40 heavy (non-hydrogen) atoms. The molecule has 224 valence electrons. The molecule has 2 aromatic rings. The third-order valence-electron chi connectivity index (χ3n) is 6.60. The number of aromatic nitrogens is 4. The summed E-state index contributed by atoms with van der Waals surface area (Å²) in [6.07, 6.45) is 0.390. The summed E-state index contributed by atoms with van der Waals surface area (Å²) in [4.78, 5) is 41.1. The SMILES string of the molecule is COC[C@@](OC[C@H]1O[C@@H](n2ncc3c(NC4CCCC4)nc(Cl)nc32)[C@H](O)[C@@H]1O)(C(=O)N=S(C)(N)=O)P(=O)(O)O. The number of carbonyl (C=O) groups excluding carboxylic acids is 1. The lowest BCUT2D eigenvalue weighted by atomic mass is 10.1. The van der Waals surface area contributed by atoms with Crippen molar-refractivity contribution in [3.05, 3.63) is 11.5 Å². The second-order valence-corrected chi connectivity index (χ2v) is 13.7. The molecule has 4 rings (SSSR count). The number of nitrogens with one attached hydrogen (secondary N) is 1. The molecular formula is C20H31ClN7O10PS. The molecule has 6 atom stereocenters. The maximum Gasteiger partial charge on any atom is 0.369 e. The highest BCUT2D eigenvalue weighted by Gasteiger charge is 2.57. The first kappa shape index (κ1) is 31.1. The van der Waals surface area contributed by atoms with Crippen LogP contribution in [-0.4, -0.2) is 106 Å². The minimum absolute atomic E-state index is 0.0941. The van der Waals surface area contributed by atoms with E-state index in [0.29, 0.717) is 11.2 Å². The molecule has 0 spiro atoms. The Morgan fingerprint density at radius 2 is 2.02 bits per heavy atom. The number of anilines is 1. The molecule has 1 saturated carbocycles. The Bertz CT molecular complexity index is 1420. The van der Waals surface area contributed by atoms with Gasteiger partial charge in [0.2, 0.25) is 5.28 Å². The van der Waals surface area contributed by atoms with Gasteiger partial charge in [-0.15, -0.1) is 4.36 Å². The van der Waals surface area contributed by atoms with E-state index < -0.39 is 66.5 Å². The molecule has 0 aromatic carbocycles. The van der Waals surface area contributed by atoms with Crippen LogP contribution >= 0.6 is 19.2 Å². The van der Waals surface area contributed by atoms with Gasteiger partial charge in [0, 0.05) is 19.4 Å². The number of carbonyl (C=O) groups is 1. The van der Waals surface area contributed by atoms with E-state index in [0.717, 1.165) is 39.0 Å². The van der Waals surface area contributed by atoms with Crippen molar-refractivity contribution in [2.24, 2.45) is 9.50 Å². The molecule has 2 aromatic heterocycles. The van der Waals surface area contributed by atoms with Gasteiger partial charge in [0.1, 0.15) is 34.0 Å². The van der Waals surface area contributed by atoms with Crippen molar-refractivity contribution in [2.45, 2.75) is 61.6 Å². The number of aliphatic hydroxyl groups excluding tert-OH is 2. The number of methoxy groups -OCH3 is 1. The highest BCUT2D eigenvalue weighted by Crippen LogP contribution is 2.52. The van der Waals surface area contributed by atoms with Crippen LogP contribution in [0.4, 0.5) is 5.82 Å². The fraction of sp³-hybridized carbons (Fsp3) is 0.700. The van der Waals surface area contributed by atoms with Crippen LogP contribution in [0.15, 0.2) is 10.6 Å². The van der Waals surface area contributed by atoms with Crippen LogP contribution in [0, 0.1) is 0 Å². The van der Waals surface area contributed by atoms with Crippen molar-refractivity contribution in [2.75, 3.05) is 31.9 Å². The van der Waals surface area contributed by atoms with Gasteiger partial charge in [-0.05, 0) is 24.4 Å². The maximum absolute atomic E-state index is 12.7. The molecule has 1 unspecified atom stereocenters. The van der Waals surface area contributed by atoms with Crippen LogP contribution in [0.1, 0.15) is 31.9 Å². The van der Waals surface area contributed by atoms with Gasteiger partial charge >= 0.3 is 13.5 Å². The number of aliphatic hydroxyl groups is 2. The number of halogens is 1. The number of nitrogens with two attached hydrogens (primary N) is 1. The Hall–Kier alpha value is -1.83. The lowest BCUT2D eigenvalue weighted by molar-refractivity contribution is -0.149. The molecule has 3 heterocycles. The average Bonchev–Trinajstić information content (AvgIpc) is 3.56. The zero-order valence-electron chi connectivity index (χ0n) is 21.5. The molecular weight excluding hydrogens is 597 g/mol. The Balaban J connectivity index is 1.60. The van der Waals surface area contributed by atoms with Gasteiger partial charge in [-0.2, -0.15) is 15.1 Å². The number of nitrogens with zero attached hydrogens (tertiary/aromatic N) is 5. The molecule has 2 fully saturated rings. The monoisotopic (exact) mass is 627 g/mol. The lowest BCUT2D eigenvalue weighted by Gasteiger charge is -2.31. The third kappa shape index (κ3) is 6.32. The zero-order chi connectivity index (χ0) is 29.5. The van der Waals surface area contributed by atoms with Gasteiger partial charge in [0.15, 0.2) is 11.9 Å². The molecule has 20 heteroatoms. The second kappa shape index (κ2) is 11.8. The molecule has 1 saturated heterocycles. The van der Waals surface area contributed by atoms with Crippen LogP contribution in [0.25, 0.3) is 11.0 Å². The number of ether oxygens (including phenoxy) is 3. The Morgan fingerprint density at radius 3 is 2.62 bits per heavy atom. The summed E-state index contributed by atoms with van der Waals surface area (Å²) in [5.41, 5.74) is 0.192. The Labute approximate surface area is 233 Å². The minimum Gasteiger partial charge on any atom is -0.387 e. The van der Waals surface area contributed by atoms with Crippen molar-refractivity contribution in [3.63, 3.8) is 0 Å². The van der Waals surface area contributed by atoms with Crippen LogP contribution in [0.2, 0.25) is 5.28 Å². The molecule has 1 amide bonds. The van der Waals surface area contributed by atoms with Crippen molar-refractivity contribution >= 4 is 51.9 Å². The van der Waals surface area contributed by atoms with Crippen molar-refractivity contribution in [1.29, 1.82) is 0 Å². The molecule has 17 nitrogen and oxygen atoms in total. The second-order valence-electron chi connectivity index (χ2n) is 9.67. The Kier molecular flexibility index (Phi) is 9.19. The third-order valence-corrected chi connectivity index (χ3v) is 8.68. The first-order valence-corrected chi connectivity index (χ1v) is 16.1. The van der Waals surface area contributed by atoms with E-state index in [1.807, 2.05) is 0 Å². The predicted molar refractivity (Wildman–Crippen MR) is 140 cm³/mol. The van der Waals surface area contributed by atoms with E-state index in [1.54, 1.807) is 0 Å². The van der Waals surface area contributed by atoms with Crippen LogP contribution in [0.3, 0.4) is 0 Å². The summed E-state index contributed by atoms with van der Waals surface area (Å²) in [5, 5.41) is 31.6. The van der Waals surface area contributed by atoms with E-state index in [1.165, 1.54) is 10.9 Å². The van der Waals surface area contributed by atoms with Crippen LogP contribution in [0.5, 0.6) is 0 Å².